The standard InChI is InChI=1S/C11H14N4O/c12-6-1-7-13-10-4-2-9(3-5-10)11-15-14-8-16-11/h2-5,8,13H,1,6-7,12H2. The molecule has 1 heterocycles. The average molecular weight is 218 g/mol. The summed E-state index contributed by atoms with van der Waals surface area (Å²) < 4.78 is 5.10. The molecule has 0 unspecified atom stereocenters. The molecule has 84 valence electrons. The van der Waals surface area contributed by atoms with Crippen molar-refractivity contribution in [2.24, 2.45) is 5.73 Å². The summed E-state index contributed by atoms with van der Waals surface area (Å²) >= 11 is 0. The number of hydrogen-bond donors (Lipinski definition) is 2. The Labute approximate surface area is 93.7 Å². The van der Waals surface area contributed by atoms with E-state index in [1.54, 1.807) is 0 Å². The number of rotatable bonds is 5. The van der Waals surface area contributed by atoms with Crippen LogP contribution in [0.15, 0.2) is 35.1 Å². The fraction of sp³-hybridized carbons (Fsp3) is 0.273. The Hall–Kier alpha value is -1.88. The third-order valence-electron chi connectivity index (χ3n) is 2.20. The number of benzene rings is 1. The molecule has 0 radical (unpaired) electrons. The van der Waals surface area contributed by atoms with Crippen molar-refractivity contribution in [3.63, 3.8) is 0 Å². The zero-order valence-corrected chi connectivity index (χ0v) is 8.89. The Bertz CT molecular complexity index is 410. The molecule has 0 atom stereocenters. The van der Waals surface area contributed by atoms with E-state index in [2.05, 4.69) is 15.5 Å². The molecule has 2 aromatic rings. The van der Waals surface area contributed by atoms with E-state index in [1.807, 2.05) is 24.3 Å². The molecule has 0 aliphatic heterocycles. The van der Waals surface area contributed by atoms with Gasteiger partial charge in [-0.15, -0.1) is 10.2 Å². The molecule has 0 bridgehead atoms. The number of nitrogens with zero attached hydrogens (tertiary/aromatic N) is 2. The molecule has 2 rings (SSSR count). The quantitative estimate of drug-likeness (QED) is 0.743. The highest BCUT2D eigenvalue weighted by Gasteiger charge is 2.02. The maximum atomic E-state index is 5.41. The summed E-state index contributed by atoms with van der Waals surface area (Å²) in [5.41, 5.74) is 7.40. The average Bonchev–Trinajstić information content (AvgIpc) is 2.84. The van der Waals surface area contributed by atoms with Gasteiger partial charge in [-0.05, 0) is 37.2 Å². The summed E-state index contributed by atoms with van der Waals surface area (Å²) in [6, 6.07) is 7.85. The highest BCUT2D eigenvalue weighted by Crippen LogP contribution is 2.18. The Morgan fingerprint density at radius 2 is 2.06 bits per heavy atom. The van der Waals surface area contributed by atoms with Crippen LogP contribution < -0.4 is 11.1 Å². The lowest BCUT2D eigenvalue weighted by Crippen LogP contribution is -2.08. The van der Waals surface area contributed by atoms with Gasteiger partial charge < -0.3 is 15.5 Å². The molecular formula is C11H14N4O. The molecule has 0 amide bonds. The Morgan fingerprint density at radius 3 is 2.69 bits per heavy atom. The van der Waals surface area contributed by atoms with Crippen LogP contribution in [0, 0.1) is 0 Å². The summed E-state index contributed by atoms with van der Waals surface area (Å²) in [4.78, 5) is 0. The minimum atomic E-state index is 0.536. The van der Waals surface area contributed by atoms with E-state index >= 15 is 0 Å². The molecule has 5 heteroatoms. The summed E-state index contributed by atoms with van der Waals surface area (Å²) in [7, 11) is 0. The van der Waals surface area contributed by atoms with E-state index in [-0.39, 0.29) is 0 Å². The predicted molar refractivity (Wildman–Crippen MR) is 61.9 cm³/mol. The molecule has 0 fully saturated rings. The van der Waals surface area contributed by atoms with Crippen LogP contribution in [0.25, 0.3) is 11.5 Å². The van der Waals surface area contributed by atoms with E-state index in [4.69, 9.17) is 10.2 Å². The van der Waals surface area contributed by atoms with Crippen LogP contribution in [0.1, 0.15) is 6.42 Å². The summed E-state index contributed by atoms with van der Waals surface area (Å²) in [5.74, 6) is 0.536. The lowest BCUT2D eigenvalue weighted by molar-refractivity contribution is 0.568. The summed E-state index contributed by atoms with van der Waals surface area (Å²) in [5, 5.41) is 10.7. The maximum Gasteiger partial charge on any atom is 0.247 e. The van der Waals surface area contributed by atoms with Crippen LogP contribution in [0.3, 0.4) is 0 Å². The minimum absolute atomic E-state index is 0.536. The normalized spacial score (nSPS) is 10.3. The molecule has 1 aromatic carbocycles. The van der Waals surface area contributed by atoms with Crippen molar-refractivity contribution < 1.29 is 4.42 Å². The van der Waals surface area contributed by atoms with E-state index in [0.717, 1.165) is 24.2 Å². The smallest absolute Gasteiger partial charge is 0.247 e. The summed E-state index contributed by atoms with van der Waals surface area (Å²) in [6.07, 6.45) is 2.29. The molecule has 0 saturated heterocycles. The molecule has 16 heavy (non-hydrogen) atoms. The van der Waals surface area contributed by atoms with Crippen LogP contribution in [0.2, 0.25) is 0 Å². The second kappa shape index (κ2) is 5.27. The van der Waals surface area contributed by atoms with Crippen molar-refractivity contribution in [2.45, 2.75) is 6.42 Å². The molecule has 0 saturated carbocycles. The monoisotopic (exact) mass is 218 g/mol. The van der Waals surface area contributed by atoms with E-state index in [1.165, 1.54) is 6.39 Å². The van der Waals surface area contributed by atoms with Gasteiger partial charge in [0.05, 0.1) is 0 Å². The SMILES string of the molecule is NCCCNc1ccc(-c2nnco2)cc1. The van der Waals surface area contributed by atoms with Crippen molar-refractivity contribution >= 4 is 5.69 Å². The fourth-order valence-electron chi connectivity index (χ4n) is 1.36. The van der Waals surface area contributed by atoms with Crippen LogP contribution in [-0.2, 0) is 0 Å². The van der Waals surface area contributed by atoms with Crippen molar-refractivity contribution in [3.05, 3.63) is 30.7 Å². The van der Waals surface area contributed by atoms with E-state index in [9.17, 15) is 0 Å². The molecule has 3 N–H and O–H groups in total. The van der Waals surface area contributed by atoms with Crippen molar-refractivity contribution in [1.29, 1.82) is 0 Å². The number of nitrogens with two attached hydrogens (primary N) is 1. The third kappa shape index (κ3) is 2.58. The first-order valence-corrected chi connectivity index (χ1v) is 5.20. The van der Waals surface area contributed by atoms with Crippen molar-refractivity contribution in [1.82, 2.24) is 10.2 Å². The highest BCUT2D eigenvalue weighted by atomic mass is 16.4. The highest BCUT2D eigenvalue weighted by molar-refractivity contribution is 5.57. The lowest BCUT2D eigenvalue weighted by atomic mass is 10.2. The predicted octanol–water partition coefficient (Wildman–Crippen LogP) is 1.50. The molecular weight excluding hydrogens is 204 g/mol. The first-order chi connectivity index (χ1) is 7.90. The number of hydrogen-bond acceptors (Lipinski definition) is 5. The first kappa shape index (κ1) is 10.6. The van der Waals surface area contributed by atoms with Gasteiger partial charge in [-0.2, -0.15) is 0 Å². The molecule has 5 nitrogen and oxygen atoms in total. The Kier molecular flexibility index (Phi) is 3.50. The minimum Gasteiger partial charge on any atom is -0.423 e. The van der Waals surface area contributed by atoms with Crippen LogP contribution >= 0.6 is 0 Å². The van der Waals surface area contributed by atoms with Gasteiger partial charge in [-0.3, -0.25) is 0 Å². The zero-order valence-electron chi connectivity index (χ0n) is 8.89. The van der Waals surface area contributed by atoms with Gasteiger partial charge in [0.15, 0.2) is 0 Å². The van der Waals surface area contributed by atoms with E-state index in [0.29, 0.717) is 12.4 Å². The van der Waals surface area contributed by atoms with Crippen LogP contribution in [0.4, 0.5) is 5.69 Å². The zero-order chi connectivity index (χ0) is 11.2. The summed E-state index contributed by atoms with van der Waals surface area (Å²) in [6.45, 7) is 1.59. The van der Waals surface area contributed by atoms with E-state index < -0.39 is 0 Å². The van der Waals surface area contributed by atoms with Gasteiger partial charge in [-0.1, -0.05) is 0 Å². The van der Waals surface area contributed by atoms with Gasteiger partial charge in [-0.25, -0.2) is 0 Å². The number of aromatic nitrogens is 2. The van der Waals surface area contributed by atoms with Gasteiger partial charge in [0.1, 0.15) is 0 Å². The van der Waals surface area contributed by atoms with Crippen LogP contribution in [0.5, 0.6) is 0 Å². The third-order valence-corrected chi connectivity index (χ3v) is 2.20. The van der Waals surface area contributed by atoms with Gasteiger partial charge in [0.25, 0.3) is 0 Å². The van der Waals surface area contributed by atoms with Gasteiger partial charge in [0, 0.05) is 17.8 Å². The van der Waals surface area contributed by atoms with Gasteiger partial charge in [0.2, 0.25) is 12.3 Å². The second-order valence-electron chi connectivity index (χ2n) is 3.39. The molecule has 0 aliphatic rings. The molecule has 1 aromatic heterocycles. The Morgan fingerprint density at radius 1 is 1.25 bits per heavy atom. The van der Waals surface area contributed by atoms with Crippen molar-refractivity contribution in [2.75, 3.05) is 18.4 Å². The molecule has 0 aliphatic carbocycles. The van der Waals surface area contributed by atoms with Gasteiger partial charge >= 0.3 is 0 Å². The van der Waals surface area contributed by atoms with Crippen molar-refractivity contribution in [3.8, 4) is 11.5 Å². The van der Waals surface area contributed by atoms with Crippen LogP contribution in [-0.4, -0.2) is 23.3 Å². The maximum absolute atomic E-state index is 5.41. The number of anilines is 1. The largest absolute Gasteiger partial charge is 0.423 e. The first-order valence-electron chi connectivity index (χ1n) is 5.20. The lowest BCUT2D eigenvalue weighted by Gasteiger charge is -2.05. The Balaban J connectivity index is 2.00. The molecule has 0 spiro atoms. The second-order valence-corrected chi connectivity index (χ2v) is 3.39. The fourth-order valence-corrected chi connectivity index (χ4v) is 1.36. The topological polar surface area (TPSA) is 77.0 Å². The number of nitrogens with one attached hydrogen (secondary N) is 1.